The van der Waals surface area contributed by atoms with E-state index in [1.807, 2.05) is 17.0 Å². The van der Waals surface area contributed by atoms with Gasteiger partial charge in [0.05, 0.1) is 11.6 Å². The van der Waals surface area contributed by atoms with E-state index < -0.39 is 11.7 Å². The molecule has 3 aromatic rings. The van der Waals surface area contributed by atoms with Gasteiger partial charge in [-0.1, -0.05) is 38.1 Å². The number of nitrogens with zero attached hydrogens (tertiary/aromatic N) is 2. The molecule has 1 aliphatic heterocycles. The third-order valence-corrected chi connectivity index (χ3v) is 8.02. The molecule has 188 valence electrons. The van der Waals surface area contributed by atoms with Crippen molar-refractivity contribution in [2.75, 3.05) is 19.7 Å². The Morgan fingerprint density at radius 2 is 1.86 bits per heavy atom. The van der Waals surface area contributed by atoms with E-state index in [4.69, 9.17) is 4.74 Å². The Hall–Kier alpha value is -3.19. The van der Waals surface area contributed by atoms with E-state index in [-0.39, 0.29) is 30.1 Å². The summed E-state index contributed by atoms with van der Waals surface area (Å²) in [5.41, 5.74) is 2.37. The van der Waals surface area contributed by atoms with Gasteiger partial charge in [0, 0.05) is 17.5 Å². The molecule has 0 unspecified atom stereocenters. The van der Waals surface area contributed by atoms with Gasteiger partial charge in [0.25, 0.3) is 5.91 Å². The molecule has 1 saturated carbocycles. The van der Waals surface area contributed by atoms with E-state index >= 15 is 0 Å². The van der Waals surface area contributed by atoms with Crippen molar-refractivity contribution in [3.63, 3.8) is 0 Å². The van der Waals surface area contributed by atoms with E-state index in [0.717, 1.165) is 30.6 Å². The standard InChI is InChI=1S/C29H31FN2O3S/c1-19(2)20-7-11-22(12-8-20)35-18-26-24-14-16-36-27(24)13-15-31(26)28(33)17-32(21-9-10-21)29(34)23-5-3-4-6-25(23)30/h3-8,11-12,14,16,19,21,26H,9-10,13,15,17-18H2,1-2H3/t26-/m0/s1. The van der Waals surface area contributed by atoms with Crippen molar-refractivity contribution in [2.24, 2.45) is 0 Å². The van der Waals surface area contributed by atoms with E-state index in [0.29, 0.717) is 19.1 Å². The third kappa shape index (κ3) is 5.16. The Morgan fingerprint density at radius 3 is 2.56 bits per heavy atom. The summed E-state index contributed by atoms with van der Waals surface area (Å²) in [6.07, 6.45) is 2.45. The zero-order valence-corrected chi connectivity index (χ0v) is 21.5. The summed E-state index contributed by atoms with van der Waals surface area (Å²) in [6, 6.07) is 15.9. The summed E-state index contributed by atoms with van der Waals surface area (Å²) in [5.74, 6) is 0.0995. The van der Waals surface area contributed by atoms with Crippen molar-refractivity contribution in [2.45, 2.75) is 51.1 Å². The first-order valence-electron chi connectivity index (χ1n) is 12.6. The molecule has 36 heavy (non-hydrogen) atoms. The summed E-state index contributed by atoms with van der Waals surface area (Å²) in [7, 11) is 0. The van der Waals surface area contributed by atoms with Gasteiger partial charge < -0.3 is 14.5 Å². The molecule has 5 rings (SSSR count). The lowest BCUT2D eigenvalue weighted by Gasteiger charge is -2.37. The minimum Gasteiger partial charge on any atom is -0.491 e. The molecule has 2 amide bonds. The maximum atomic E-state index is 14.3. The zero-order chi connectivity index (χ0) is 25.2. The highest BCUT2D eigenvalue weighted by atomic mass is 32.1. The molecule has 0 spiro atoms. The van der Waals surface area contributed by atoms with Crippen molar-refractivity contribution in [3.8, 4) is 5.75 Å². The van der Waals surface area contributed by atoms with Gasteiger partial charge in [-0.05, 0) is 72.0 Å². The number of thiophene rings is 1. The van der Waals surface area contributed by atoms with Crippen molar-refractivity contribution >= 4 is 23.2 Å². The first kappa shape index (κ1) is 24.5. The summed E-state index contributed by atoms with van der Waals surface area (Å²) >= 11 is 1.70. The van der Waals surface area contributed by atoms with Crippen LogP contribution in [0.25, 0.3) is 0 Å². The predicted molar refractivity (Wildman–Crippen MR) is 139 cm³/mol. The third-order valence-electron chi connectivity index (χ3n) is 7.03. The van der Waals surface area contributed by atoms with Crippen LogP contribution in [0.3, 0.4) is 0 Å². The van der Waals surface area contributed by atoms with Gasteiger partial charge in [-0.25, -0.2) is 4.39 Å². The molecular formula is C29H31FN2O3S. The molecule has 1 aromatic heterocycles. The van der Waals surface area contributed by atoms with Crippen molar-refractivity contribution in [1.29, 1.82) is 0 Å². The van der Waals surface area contributed by atoms with Crippen LogP contribution < -0.4 is 4.74 Å². The van der Waals surface area contributed by atoms with Crippen LogP contribution in [0.4, 0.5) is 4.39 Å². The lowest BCUT2D eigenvalue weighted by molar-refractivity contribution is -0.135. The number of hydrogen-bond donors (Lipinski definition) is 0. The second kappa shape index (κ2) is 10.4. The van der Waals surface area contributed by atoms with Crippen LogP contribution in [0.15, 0.2) is 60.0 Å². The van der Waals surface area contributed by atoms with Crippen LogP contribution in [0.5, 0.6) is 5.75 Å². The fourth-order valence-electron chi connectivity index (χ4n) is 4.78. The summed E-state index contributed by atoms with van der Waals surface area (Å²) in [5, 5.41) is 2.06. The number of amides is 2. The Labute approximate surface area is 215 Å². The number of benzene rings is 2. The van der Waals surface area contributed by atoms with Gasteiger partial charge in [-0.3, -0.25) is 9.59 Å². The second-order valence-electron chi connectivity index (χ2n) is 9.83. The molecule has 1 fully saturated rings. The van der Waals surface area contributed by atoms with Gasteiger partial charge in [0.2, 0.25) is 5.91 Å². The highest BCUT2D eigenvalue weighted by Gasteiger charge is 2.38. The molecule has 2 aliphatic rings. The average molecular weight is 507 g/mol. The lowest BCUT2D eigenvalue weighted by atomic mass is 10.00. The largest absolute Gasteiger partial charge is 0.491 e. The first-order chi connectivity index (χ1) is 17.4. The Kier molecular flexibility index (Phi) is 7.10. The van der Waals surface area contributed by atoms with Gasteiger partial charge in [0.1, 0.15) is 24.7 Å². The molecule has 7 heteroatoms. The molecule has 0 saturated heterocycles. The molecule has 0 N–H and O–H groups in total. The molecule has 1 atom stereocenters. The van der Waals surface area contributed by atoms with Crippen LogP contribution >= 0.6 is 11.3 Å². The SMILES string of the molecule is CC(C)c1ccc(OC[C@H]2c3ccsc3CCN2C(=O)CN(C(=O)c2ccccc2F)C2CC2)cc1. The predicted octanol–water partition coefficient (Wildman–Crippen LogP) is 5.82. The number of rotatable bonds is 8. The second-order valence-corrected chi connectivity index (χ2v) is 10.8. The zero-order valence-electron chi connectivity index (χ0n) is 20.7. The molecule has 5 nitrogen and oxygen atoms in total. The summed E-state index contributed by atoms with van der Waals surface area (Å²) < 4.78 is 20.5. The highest BCUT2D eigenvalue weighted by Crippen LogP contribution is 2.35. The van der Waals surface area contributed by atoms with E-state index in [2.05, 4.69) is 37.4 Å². The normalized spacial score (nSPS) is 17.1. The molecule has 1 aliphatic carbocycles. The lowest BCUT2D eigenvalue weighted by Crippen LogP contribution is -2.48. The Morgan fingerprint density at radius 1 is 1.11 bits per heavy atom. The number of halogens is 1. The minimum atomic E-state index is -0.559. The van der Waals surface area contributed by atoms with Crippen molar-refractivity contribution < 1.29 is 18.7 Å². The fourth-order valence-corrected chi connectivity index (χ4v) is 5.71. The van der Waals surface area contributed by atoms with Crippen LogP contribution in [-0.4, -0.2) is 47.4 Å². The minimum absolute atomic E-state index is 0.0145. The number of ether oxygens (including phenoxy) is 1. The van der Waals surface area contributed by atoms with Crippen LogP contribution in [0, 0.1) is 5.82 Å². The quantitative estimate of drug-likeness (QED) is 0.387. The number of hydrogen-bond acceptors (Lipinski definition) is 4. The van der Waals surface area contributed by atoms with Gasteiger partial charge in [-0.2, -0.15) is 0 Å². The number of carbonyl (C=O) groups is 2. The Balaban J connectivity index is 1.33. The van der Waals surface area contributed by atoms with E-state index in [9.17, 15) is 14.0 Å². The Bertz CT molecular complexity index is 1240. The smallest absolute Gasteiger partial charge is 0.257 e. The molecule has 0 bridgehead atoms. The summed E-state index contributed by atoms with van der Waals surface area (Å²) in [4.78, 5) is 31.5. The van der Waals surface area contributed by atoms with Gasteiger partial charge >= 0.3 is 0 Å². The maximum absolute atomic E-state index is 14.3. The fraction of sp³-hybridized carbons (Fsp3) is 0.379. The van der Waals surface area contributed by atoms with Crippen LogP contribution in [0.1, 0.15) is 65.0 Å². The van der Waals surface area contributed by atoms with E-state index in [1.54, 1.807) is 28.4 Å². The monoisotopic (exact) mass is 506 g/mol. The van der Waals surface area contributed by atoms with Gasteiger partial charge in [0.15, 0.2) is 0 Å². The van der Waals surface area contributed by atoms with Gasteiger partial charge in [-0.15, -0.1) is 11.3 Å². The molecule has 2 aromatic carbocycles. The first-order valence-corrected chi connectivity index (χ1v) is 13.4. The molecule has 0 radical (unpaired) electrons. The molecule has 2 heterocycles. The van der Waals surface area contributed by atoms with Crippen LogP contribution in [0.2, 0.25) is 0 Å². The van der Waals surface area contributed by atoms with Crippen molar-refractivity contribution in [3.05, 3.63) is 87.4 Å². The number of fused-ring (bicyclic) bond motifs is 1. The molecular weight excluding hydrogens is 475 g/mol. The number of carbonyl (C=O) groups excluding carboxylic acids is 2. The maximum Gasteiger partial charge on any atom is 0.257 e. The van der Waals surface area contributed by atoms with Crippen molar-refractivity contribution in [1.82, 2.24) is 9.80 Å². The summed E-state index contributed by atoms with van der Waals surface area (Å²) in [6.45, 7) is 5.15. The average Bonchev–Trinajstić information content (AvgIpc) is 3.61. The topological polar surface area (TPSA) is 49.9 Å². The van der Waals surface area contributed by atoms with E-state index in [1.165, 1.54) is 22.6 Å². The highest BCUT2D eigenvalue weighted by molar-refractivity contribution is 7.10. The van der Waals surface area contributed by atoms with Crippen LogP contribution in [-0.2, 0) is 11.2 Å².